The molecule has 0 aromatic carbocycles. The summed E-state index contributed by atoms with van der Waals surface area (Å²) in [6.07, 6.45) is -2.87. The molecule has 4 nitrogen and oxygen atoms in total. The average Bonchev–Trinajstić information content (AvgIpc) is 2.36. The molecule has 120 valence electrons. The van der Waals surface area contributed by atoms with E-state index in [0.29, 0.717) is 12.5 Å². The Labute approximate surface area is 123 Å². The molecule has 0 spiro atoms. The van der Waals surface area contributed by atoms with E-state index in [2.05, 4.69) is 9.97 Å². The van der Waals surface area contributed by atoms with Gasteiger partial charge in [0.05, 0.1) is 0 Å². The van der Waals surface area contributed by atoms with Gasteiger partial charge in [-0.1, -0.05) is 27.7 Å². The van der Waals surface area contributed by atoms with Crippen LogP contribution in [0.5, 0.6) is 0 Å². The summed E-state index contributed by atoms with van der Waals surface area (Å²) in [7, 11) is 0. The molecule has 0 saturated heterocycles. The molecule has 21 heavy (non-hydrogen) atoms. The van der Waals surface area contributed by atoms with Gasteiger partial charge in [-0.05, 0) is 18.8 Å². The van der Waals surface area contributed by atoms with Crippen molar-refractivity contribution in [2.24, 2.45) is 5.92 Å². The molecule has 1 heterocycles. The first-order chi connectivity index (χ1) is 9.68. The van der Waals surface area contributed by atoms with E-state index in [4.69, 9.17) is 5.73 Å². The van der Waals surface area contributed by atoms with E-state index in [1.807, 2.05) is 32.6 Å². The maximum atomic E-state index is 12.9. The van der Waals surface area contributed by atoms with Gasteiger partial charge >= 0.3 is 6.18 Å². The smallest absolute Gasteiger partial charge is 0.368 e. The molecule has 0 bridgehead atoms. The summed E-state index contributed by atoms with van der Waals surface area (Å²) < 4.78 is 38.6. The number of anilines is 2. The molecule has 0 aliphatic heterocycles. The highest BCUT2D eigenvalue weighted by Gasteiger charge is 2.34. The zero-order chi connectivity index (χ0) is 16.2. The fourth-order valence-electron chi connectivity index (χ4n) is 2.30. The van der Waals surface area contributed by atoms with E-state index < -0.39 is 11.9 Å². The third kappa shape index (κ3) is 4.75. The van der Waals surface area contributed by atoms with Crippen LogP contribution in [0.2, 0.25) is 0 Å². The van der Waals surface area contributed by atoms with Gasteiger partial charge in [-0.25, -0.2) is 4.98 Å². The molecular formula is C14H23F3N4. The molecule has 2 N–H and O–H groups in total. The average molecular weight is 304 g/mol. The van der Waals surface area contributed by atoms with Crippen LogP contribution in [0.4, 0.5) is 24.9 Å². The number of halogens is 3. The third-order valence-corrected chi connectivity index (χ3v) is 3.26. The van der Waals surface area contributed by atoms with Crippen LogP contribution in [0.3, 0.4) is 0 Å². The monoisotopic (exact) mass is 304 g/mol. The van der Waals surface area contributed by atoms with Crippen molar-refractivity contribution >= 4 is 11.8 Å². The molecule has 0 unspecified atom stereocenters. The zero-order valence-electron chi connectivity index (χ0n) is 12.9. The Morgan fingerprint density at radius 2 is 1.76 bits per heavy atom. The number of nitrogen functional groups attached to an aromatic ring is 1. The van der Waals surface area contributed by atoms with Gasteiger partial charge in [-0.2, -0.15) is 18.2 Å². The fraction of sp³-hybridized carbons (Fsp3) is 0.714. The Hall–Kier alpha value is -1.53. The Kier molecular flexibility index (Phi) is 5.80. The summed E-state index contributed by atoms with van der Waals surface area (Å²) in [4.78, 5) is 9.20. The maximum absolute atomic E-state index is 12.9. The van der Waals surface area contributed by atoms with Crippen LogP contribution in [0.25, 0.3) is 0 Å². The number of nitrogens with two attached hydrogens (primary N) is 1. The topological polar surface area (TPSA) is 55.0 Å². The van der Waals surface area contributed by atoms with E-state index in [9.17, 15) is 13.2 Å². The van der Waals surface area contributed by atoms with Gasteiger partial charge in [-0.15, -0.1) is 0 Å². The summed E-state index contributed by atoms with van der Waals surface area (Å²) in [5, 5.41) is 0. The lowest BCUT2D eigenvalue weighted by Crippen LogP contribution is -2.38. The number of hydrogen-bond acceptors (Lipinski definition) is 4. The van der Waals surface area contributed by atoms with Gasteiger partial charge in [0.15, 0.2) is 5.69 Å². The van der Waals surface area contributed by atoms with E-state index in [0.717, 1.165) is 18.9 Å². The van der Waals surface area contributed by atoms with Crippen LogP contribution in [0.15, 0.2) is 6.07 Å². The van der Waals surface area contributed by atoms with E-state index in [1.54, 1.807) is 0 Å². The Morgan fingerprint density at radius 1 is 1.19 bits per heavy atom. The lowest BCUT2D eigenvalue weighted by molar-refractivity contribution is -0.141. The molecule has 0 fully saturated rings. The van der Waals surface area contributed by atoms with Gasteiger partial charge in [0.2, 0.25) is 5.95 Å². The molecule has 0 radical (unpaired) electrons. The SMILES string of the molecule is CCC(CC)N(CC(C)C)c1cc(C(F)(F)F)nc(N)n1. The molecule has 0 aliphatic rings. The van der Waals surface area contributed by atoms with Crippen LogP contribution in [-0.2, 0) is 6.18 Å². The van der Waals surface area contributed by atoms with Gasteiger partial charge in [0.1, 0.15) is 5.82 Å². The van der Waals surface area contributed by atoms with Crippen molar-refractivity contribution in [3.05, 3.63) is 11.8 Å². The van der Waals surface area contributed by atoms with E-state index in [1.165, 1.54) is 0 Å². The molecule has 0 atom stereocenters. The molecule has 0 amide bonds. The van der Waals surface area contributed by atoms with Crippen molar-refractivity contribution in [2.75, 3.05) is 17.2 Å². The first kappa shape index (κ1) is 17.5. The second-order valence-electron chi connectivity index (χ2n) is 5.48. The molecule has 0 saturated carbocycles. The molecule has 1 aromatic rings. The van der Waals surface area contributed by atoms with Crippen LogP contribution in [0.1, 0.15) is 46.2 Å². The minimum Gasteiger partial charge on any atom is -0.368 e. The van der Waals surface area contributed by atoms with Crippen LogP contribution >= 0.6 is 0 Å². The van der Waals surface area contributed by atoms with Crippen molar-refractivity contribution < 1.29 is 13.2 Å². The van der Waals surface area contributed by atoms with Gasteiger partial charge in [0.25, 0.3) is 0 Å². The quantitative estimate of drug-likeness (QED) is 0.870. The first-order valence-electron chi connectivity index (χ1n) is 7.17. The van der Waals surface area contributed by atoms with Gasteiger partial charge in [0, 0.05) is 18.7 Å². The zero-order valence-corrected chi connectivity index (χ0v) is 12.9. The minimum absolute atomic E-state index is 0.128. The predicted molar refractivity (Wildman–Crippen MR) is 78.0 cm³/mol. The highest BCUT2D eigenvalue weighted by atomic mass is 19.4. The standard InChI is InChI=1S/C14H23F3N4/c1-5-10(6-2)21(8-9(3)4)12-7-11(14(15,16)17)19-13(18)20-12/h7,9-10H,5-6,8H2,1-4H3,(H2,18,19,20). The van der Waals surface area contributed by atoms with Crippen molar-refractivity contribution in [3.8, 4) is 0 Å². The number of rotatable bonds is 6. The summed E-state index contributed by atoms with van der Waals surface area (Å²) in [5.74, 6) is 0.202. The Bertz CT molecular complexity index is 456. The fourth-order valence-corrected chi connectivity index (χ4v) is 2.30. The summed E-state index contributed by atoms with van der Waals surface area (Å²) >= 11 is 0. The van der Waals surface area contributed by atoms with Crippen LogP contribution in [-0.4, -0.2) is 22.6 Å². The highest BCUT2D eigenvalue weighted by Crippen LogP contribution is 2.31. The van der Waals surface area contributed by atoms with Gasteiger partial charge in [-0.3, -0.25) is 0 Å². The number of nitrogens with zero attached hydrogens (tertiary/aromatic N) is 3. The Morgan fingerprint density at radius 3 is 2.19 bits per heavy atom. The molecule has 0 aliphatic carbocycles. The number of aromatic nitrogens is 2. The molecule has 7 heteroatoms. The summed E-state index contributed by atoms with van der Waals surface area (Å²) in [5.41, 5.74) is 4.46. The van der Waals surface area contributed by atoms with Crippen molar-refractivity contribution in [3.63, 3.8) is 0 Å². The largest absolute Gasteiger partial charge is 0.433 e. The number of alkyl halides is 3. The molecule has 1 aromatic heterocycles. The second kappa shape index (κ2) is 6.95. The predicted octanol–water partition coefficient (Wildman–Crippen LogP) is 3.73. The van der Waals surface area contributed by atoms with Crippen LogP contribution < -0.4 is 10.6 Å². The second-order valence-corrected chi connectivity index (χ2v) is 5.48. The van der Waals surface area contributed by atoms with Crippen LogP contribution in [0, 0.1) is 5.92 Å². The minimum atomic E-state index is -4.52. The van der Waals surface area contributed by atoms with Crippen molar-refractivity contribution in [1.82, 2.24) is 9.97 Å². The molecule has 1 rings (SSSR count). The first-order valence-corrected chi connectivity index (χ1v) is 7.17. The summed E-state index contributed by atoms with van der Waals surface area (Å²) in [6.45, 7) is 8.68. The van der Waals surface area contributed by atoms with E-state index >= 15 is 0 Å². The lowest BCUT2D eigenvalue weighted by Gasteiger charge is -2.33. The third-order valence-electron chi connectivity index (χ3n) is 3.26. The van der Waals surface area contributed by atoms with Gasteiger partial charge < -0.3 is 10.6 Å². The van der Waals surface area contributed by atoms with Crippen molar-refractivity contribution in [2.45, 2.75) is 52.8 Å². The highest BCUT2D eigenvalue weighted by molar-refractivity contribution is 5.45. The normalized spacial score (nSPS) is 12.2. The lowest BCUT2D eigenvalue weighted by atomic mass is 10.1. The molecular weight excluding hydrogens is 281 g/mol. The van der Waals surface area contributed by atoms with E-state index in [-0.39, 0.29) is 17.8 Å². The maximum Gasteiger partial charge on any atom is 0.433 e. The Balaban J connectivity index is 3.26. The van der Waals surface area contributed by atoms with Crippen molar-refractivity contribution in [1.29, 1.82) is 0 Å². The summed E-state index contributed by atoms with van der Waals surface area (Å²) in [6, 6.07) is 1.11. The number of hydrogen-bond donors (Lipinski definition) is 1.